The maximum atomic E-state index is 13.6. The van der Waals surface area contributed by atoms with Gasteiger partial charge in [0.2, 0.25) is 0 Å². The molecule has 1 aromatic rings. The normalized spacial score (nSPS) is 32.8. The van der Waals surface area contributed by atoms with Gasteiger partial charge in [-0.25, -0.2) is 4.79 Å². The SMILES string of the molecule is CN(C)[C@]1(c2ccccc2)CC[C@]2(CC1)CN(CCC1(O)COC1)C(=O)N2CC1(O)CCC1. The van der Waals surface area contributed by atoms with E-state index < -0.39 is 11.2 Å². The van der Waals surface area contributed by atoms with E-state index in [1.807, 2.05) is 9.80 Å². The van der Waals surface area contributed by atoms with E-state index >= 15 is 0 Å². The van der Waals surface area contributed by atoms with E-state index in [1.54, 1.807) is 0 Å². The fourth-order valence-corrected chi connectivity index (χ4v) is 6.45. The van der Waals surface area contributed by atoms with Crippen LogP contribution >= 0.6 is 0 Å². The molecule has 1 spiro atoms. The number of carbonyl (C=O) groups is 1. The van der Waals surface area contributed by atoms with Crippen LogP contribution < -0.4 is 0 Å². The topological polar surface area (TPSA) is 76.5 Å². The van der Waals surface area contributed by atoms with Crippen molar-refractivity contribution < 1.29 is 19.7 Å². The van der Waals surface area contributed by atoms with Crippen molar-refractivity contribution in [2.24, 2.45) is 0 Å². The van der Waals surface area contributed by atoms with Crippen LogP contribution in [0.1, 0.15) is 56.9 Å². The predicted octanol–water partition coefficient (Wildman–Crippen LogP) is 2.56. The highest BCUT2D eigenvalue weighted by Gasteiger charge is 2.56. The number of nitrogens with zero attached hydrogens (tertiary/aromatic N) is 3. The summed E-state index contributed by atoms with van der Waals surface area (Å²) in [5, 5.41) is 21.5. The van der Waals surface area contributed by atoms with Crippen molar-refractivity contribution in [3.8, 4) is 0 Å². The lowest BCUT2D eigenvalue weighted by Crippen LogP contribution is -2.59. The highest BCUT2D eigenvalue weighted by atomic mass is 16.5. The molecule has 2 aliphatic carbocycles. The largest absolute Gasteiger partial charge is 0.388 e. The van der Waals surface area contributed by atoms with Crippen LogP contribution in [0.25, 0.3) is 0 Å². The summed E-state index contributed by atoms with van der Waals surface area (Å²) in [4.78, 5) is 19.9. The first-order chi connectivity index (χ1) is 15.7. The molecule has 2 aliphatic heterocycles. The maximum absolute atomic E-state index is 13.6. The molecule has 2 saturated carbocycles. The Labute approximate surface area is 197 Å². The number of hydrogen-bond acceptors (Lipinski definition) is 5. The van der Waals surface area contributed by atoms with Crippen LogP contribution in [0.3, 0.4) is 0 Å². The number of rotatable bonds is 7. The molecule has 2 N–H and O–H groups in total. The van der Waals surface area contributed by atoms with Crippen molar-refractivity contribution in [3.63, 3.8) is 0 Å². The number of aliphatic hydroxyl groups is 2. The molecular weight excluding hydrogens is 418 g/mol. The van der Waals surface area contributed by atoms with Gasteiger partial charge in [0.15, 0.2) is 0 Å². The quantitative estimate of drug-likeness (QED) is 0.658. The Balaban J connectivity index is 1.37. The summed E-state index contributed by atoms with van der Waals surface area (Å²) >= 11 is 0. The molecule has 4 fully saturated rings. The van der Waals surface area contributed by atoms with Crippen LogP contribution in [0.4, 0.5) is 4.79 Å². The van der Waals surface area contributed by atoms with Crippen molar-refractivity contribution in [2.75, 3.05) is 46.9 Å². The number of benzene rings is 1. The summed E-state index contributed by atoms with van der Waals surface area (Å²) in [7, 11) is 4.32. The van der Waals surface area contributed by atoms with Gasteiger partial charge in [0.25, 0.3) is 0 Å². The Bertz CT molecular complexity index is 858. The molecule has 1 aromatic carbocycles. The third-order valence-corrected chi connectivity index (χ3v) is 9.06. The maximum Gasteiger partial charge on any atom is 0.320 e. The van der Waals surface area contributed by atoms with E-state index in [2.05, 4.69) is 49.3 Å². The summed E-state index contributed by atoms with van der Waals surface area (Å²) in [6, 6.07) is 10.8. The fourth-order valence-electron chi connectivity index (χ4n) is 6.45. The molecule has 5 rings (SSSR count). The summed E-state index contributed by atoms with van der Waals surface area (Å²) in [5.74, 6) is 0. The molecule has 2 heterocycles. The van der Waals surface area contributed by atoms with Crippen LogP contribution in [0.2, 0.25) is 0 Å². The minimum atomic E-state index is -0.799. The monoisotopic (exact) mass is 457 g/mol. The van der Waals surface area contributed by atoms with Crippen LogP contribution in [0.5, 0.6) is 0 Å². The molecule has 0 aromatic heterocycles. The molecular formula is C26H39N3O4. The molecule has 0 unspecified atom stereocenters. The lowest BCUT2D eigenvalue weighted by Gasteiger charge is -2.52. The Hall–Kier alpha value is -1.67. The minimum Gasteiger partial charge on any atom is -0.388 e. The number of urea groups is 1. The smallest absolute Gasteiger partial charge is 0.320 e. The minimum absolute atomic E-state index is 0.0243. The number of ether oxygens (including phenoxy) is 1. The third-order valence-electron chi connectivity index (χ3n) is 9.06. The van der Waals surface area contributed by atoms with Gasteiger partial charge in [-0.1, -0.05) is 30.3 Å². The van der Waals surface area contributed by atoms with Crippen molar-refractivity contribution in [2.45, 2.75) is 73.6 Å². The van der Waals surface area contributed by atoms with Crippen LogP contribution in [0.15, 0.2) is 30.3 Å². The zero-order valence-electron chi connectivity index (χ0n) is 20.1. The van der Waals surface area contributed by atoms with Gasteiger partial charge in [0, 0.05) is 18.6 Å². The Morgan fingerprint density at radius 3 is 2.15 bits per heavy atom. The van der Waals surface area contributed by atoms with Crippen LogP contribution in [-0.2, 0) is 10.3 Å². The lowest BCUT2D eigenvalue weighted by molar-refractivity contribution is -0.182. The predicted molar refractivity (Wildman–Crippen MR) is 126 cm³/mol. The number of amides is 2. The summed E-state index contributed by atoms with van der Waals surface area (Å²) in [6.45, 7) is 2.35. The molecule has 0 atom stereocenters. The fraction of sp³-hybridized carbons (Fsp3) is 0.731. The van der Waals surface area contributed by atoms with Gasteiger partial charge in [0.05, 0.1) is 30.9 Å². The average Bonchev–Trinajstić information content (AvgIpc) is 3.02. The number of hydrogen-bond donors (Lipinski definition) is 2. The molecule has 2 amide bonds. The first kappa shape index (κ1) is 23.1. The Kier molecular flexibility index (Phi) is 5.75. The van der Waals surface area contributed by atoms with E-state index in [9.17, 15) is 15.0 Å². The molecule has 7 heteroatoms. The second-order valence-corrected chi connectivity index (χ2v) is 11.4. The van der Waals surface area contributed by atoms with E-state index in [1.165, 1.54) is 5.56 Å². The highest BCUT2D eigenvalue weighted by molar-refractivity contribution is 5.78. The zero-order chi connectivity index (χ0) is 23.3. The van der Waals surface area contributed by atoms with Crippen LogP contribution in [0, 0.1) is 0 Å². The molecule has 2 saturated heterocycles. The van der Waals surface area contributed by atoms with E-state index in [4.69, 9.17) is 4.74 Å². The summed E-state index contributed by atoms with van der Waals surface area (Å²) < 4.78 is 5.18. The standard InChI is InChI=1S/C26H39N3O4/c1-27(2)26(21-7-4-3-5-8-21)13-11-23(12-14-26)17-28(16-15-25(32)19-33-20-25)22(30)29(23)18-24(31)9-6-10-24/h3-5,7-8,31-32H,6,9-20H2,1-2H3/t23-,26+. The molecule has 0 bridgehead atoms. The van der Waals surface area contributed by atoms with Crippen molar-refractivity contribution in [1.82, 2.24) is 14.7 Å². The van der Waals surface area contributed by atoms with Crippen molar-refractivity contribution in [1.29, 1.82) is 0 Å². The lowest BCUT2D eigenvalue weighted by atomic mass is 9.67. The number of carbonyl (C=O) groups excluding carboxylic acids is 1. The zero-order valence-corrected chi connectivity index (χ0v) is 20.1. The second-order valence-electron chi connectivity index (χ2n) is 11.4. The van der Waals surface area contributed by atoms with Gasteiger partial charge in [-0.05, 0) is 71.0 Å². The molecule has 7 nitrogen and oxygen atoms in total. The first-order valence-electron chi connectivity index (χ1n) is 12.5. The van der Waals surface area contributed by atoms with Gasteiger partial charge >= 0.3 is 6.03 Å². The van der Waals surface area contributed by atoms with Gasteiger partial charge < -0.3 is 24.7 Å². The van der Waals surface area contributed by atoms with Crippen molar-refractivity contribution in [3.05, 3.63) is 35.9 Å². The Morgan fingerprint density at radius 1 is 0.970 bits per heavy atom. The highest BCUT2D eigenvalue weighted by Crippen LogP contribution is 2.50. The van der Waals surface area contributed by atoms with E-state index in [-0.39, 0.29) is 17.1 Å². The van der Waals surface area contributed by atoms with Gasteiger partial charge in [0.1, 0.15) is 5.60 Å². The van der Waals surface area contributed by atoms with Gasteiger partial charge in [-0.3, -0.25) is 4.90 Å². The van der Waals surface area contributed by atoms with Crippen molar-refractivity contribution >= 4 is 6.03 Å². The molecule has 0 radical (unpaired) electrons. The van der Waals surface area contributed by atoms with E-state index in [0.29, 0.717) is 39.3 Å². The van der Waals surface area contributed by atoms with Gasteiger partial charge in [-0.2, -0.15) is 0 Å². The third kappa shape index (κ3) is 3.97. The Morgan fingerprint density at radius 2 is 1.64 bits per heavy atom. The van der Waals surface area contributed by atoms with Gasteiger partial charge in [-0.15, -0.1) is 0 Å². The average molecular weight is 458 g/mol. The summed E-state index contributed by atoms with van der Waals surface area (Å²) in [5.41, 5.74) is -0.501. The molecule has 182 valence electrons. The van der Waals surface area contributed by atoms with Crippen LogP contribution in [-0.4, -0.2) is 94.6 Å². The first-order valence-corrected chi connectivity index (χ1v) is 12.5. The molecule has 4 aliphatic rings. The summed E-state index contributed by atoms with van der Waals surface area (Å²) in [6.07, 6.45) is 6.87. The van der Waals surface area contributed by atoms with E-state index in [0.717, 1.165) is 44.9 Å². The molecule has 33 heavy (non-hydrogen) atoms. The number of β-amino-alcohol motifs (C(OH)–C–C–N with tert-alkyl or cyclic N) is 1. The second kappa shape index (κ2) is 8.22.